The van der Waals surface area contributed by atoms with Gasteiger partial charge in [-0.15, -0.1) is 0 Å². The molecule has 0 aromatic heterocycles. The quantitative estimate of drug-likeness (QED) is 0.912. The SMILES string of the molecule is COc1ccccc1CC(O)Cc1cc(Cl)ccc1F. The van der Waals surface area contributed by atoms with Crippen LogP contribution >= 0.6 is 11.6 Å². The number of methoxy groups -OCH3 is 1. The van der Waals surface area contributed by atoms with Crippen LogP contribution in [0, 0.1) is 5.82 Å². The summed E-state index contributed by atoms with van der Waals surface area (Å²) in [6, 6.07) is 11.8. The second kappa shape index (κ2) is 6.73. The first-order valence-electron chi connectivity index (χ1n) is 6.34. The highest BCUT2D eigenvalue weighted by atomic mass is 35.5. The Labute approximate surface area is 122 Å². The van der Waals surface area contributed by atoms with Crippen molar-refractivity contribution in [2.45, 2.75) is 18.9 Å². The van der Waals surface area contributed by atoms with Crippen molar-refractivity contribution >= 4 is 11.6 Å². The third kappa shape index (κ3) is 3.71. The maximum atomic E-state index is 13.6. The molecule has 1 N–H and O–H groups in total. The van der Waals surface area contributed by atoms with E-state index in [9.17, 15) is 9.50 Å². The molecular formula is C16H16ClFO2. The monoisotopic (exact) mass is 294 g/mol. The van der Waals surface area contributed by atoms with Crippen LogP contribution in [-0.2, 0) is 12.8 Å². The Kier molecular flexibility index (Phi) is 4.99. The van der Waals surface area contributed by atoms with Gasteiger partial charge in [0, 0.05) is 17.9 Å². The summed E-state index contributed by atoms with van der Waals surface area (Å²) >= 11 is 5.84. The van der Waals surface area contributed by atoms with Crippen LogP contribution in [0.15, 0.2) is 42.5 Å². The van der Waals surface area contributed by atoms with Gasteiger partial charge in [0.2, 0.25) is 0 Å². The Morgan fingerprint density at radius 1 is 1.15 bits per heavy atom. The molecule has 1 unspecified atom stereocenters. The van der Waals surface area contributed by atoms with Crippen molar-refractivity contribution in [3.63, 3.8) is 0 Å². The van der Waals surface area contributed by atoms with E-state index in [1.807, 2.05) is 24.3 Å². The summed E-state index contributed by atoms with van der Waals surface area (Å²) in [6.07, 6.45) is -0.0836. The largest absolute Gasteiger partial charge is 0.496 e. The Morgan fingerprint density at radius 2 is 1.85 bits per heavy atom. The van der Waals surface area contributed by atoms with Crippen LogP contribution in [0.4, 0.5) is 4.39 Å². The number of benzene rings is 2. The second-order valence-corrected chi connectivity index (χ2v) is 5.05. The molecule has 0 spiro atoms. The number of para-hydroxylation sites is 1. The normalized spacial score (nSPS) is 12.2. The van der Waals surface area contributed by atoms with Crippen molar-refractivity contribution in [2.75, 3.05) is 7.11 Å². The zero-order chi connectivity index (χ0) is 14.5. The average molecular weight is 295 g/mol. The lowest BCUT2D eigenvalue weighted by Gasteiger charge is -2.14. The highest BCUT2D eigenvalue weighted by Gasteiger charge is 2.13. The smallest absolute Gasteiger partial charge is 0.126 e. The molecule has 0 aliphatic carbocycles. The van der Waals surface area contributed by atoms with Crippen molar-refractivity contribution in [1.82, 2.24) is 0 Å². The summed E-state index contributed by atoms with van der Waals surface area (Å²) in [5.74, 6) is 0.367. The molecule has 0 bridgehead atoms. The first kappa shape index (κ1) is 14.8. The molecule has 0 saturated heterocycles. The first-order chi connectivity index (χ1) is 9.60. The molecule has 0 radical (unpaired) electrons. The van der Waals surface area contributed by atoms with Crippen molar-refractivity contribution in [1.29, 1.82) is 0 Å². The van der Waals surface area contributed by atoms with E-state index in [1.54, 1.807) is 13.2 Å². The molecule has 2 aromatic carbocycles. The average Bonchev–Trinajstić information content (AvgIpc) is 2.43. The van der Waals surface area contributed by atoms with Gasteiger partial charge in [0.1, 0.15) is 11.6 Å². The minimum Gasteiger partial charge on any atom is -0.496 e. The van der Waals surface area contributed by atoms with Gasteiger partial charge in [0.25, 0.3) is 0 Å². The fourth-order valence-electron chi connectivity index (χ4n) is 2.15. The van der Waals surface area contributed by atoms with Crippen molar-refractivity contribution in [3.8, 4) is 5.75 Å². The molecule has 0 fully saturated rings. The van der Waals surface area contributed by atoms with E-state index in [1.165, 1.54) is 12.1 Å². The first-order valence-corrected chi connectivity index (χ1v) is 6.72. The van der Waals surface area contributed by atoms with Crippen LogP contribution in [0.5, 0.6) is 5.75 Å². The summed E-state index contributed by atoms with van der Waals surface area (Å²) in [5.41, 5.74) is 1.31. The number of rotatable bonds is 5. The molecule has 4 heteroatoms. The van der Waals surface area contributed by atoms with Gasteiger partial charge < -0.3 is 9.84 Å². The van der Waals surface area contributed by atoms with Gasteiger partial charge in [-0.25, -0.2) is 4.39 Å². The number of hydrogen-bond donors (Lipinski definition) is 1. The summed E-state index contributed by atoms with van der Waals surface area (Å²) in [4.78, 5) is 0. The molecule has 2 nitrogen and oxygen atoms in total. The molecular weight excluding hydrogens is 279 g/mol. The van der Waals surface area contributed by atoms with Crippen molar-refractivity contribution in [2.24, 2.45) is 0 Å². The third-order valence-corrected chi connectivity index (χ3v) is 3.35. The number of hydrogen-bond acceptors (Lipinski definition) is 2. The maximum absolute atomic E-state index is 13.6. The minimum absolute atomic E-state index is 0.213. The van der Waals surface area contributed by atoms with E-state index >= 15 is 0 Å². The third-order valence-electron chi connectivity index (χ3n) is 3.11. The zero-order valence-electron chi connectivity index (χ0n) is 11.1. The van der Waals surface area contributed by atoms with E-state index in [2.05, 4.69) is 0 Å². The number of aliphatic hydroxyl groups is 1. The summed E-state index contributed by atoms with van der Waals surface area (Å²) in [7, 11) is 1.59. The lowest BCUT2D eigenvalue weighted by Crippen LogP contribution is -2.15. The van der Waals surface area contributed by atoms with Crippen LogP contribution in [0.3, 0.4) is 0 Å². The fourth-order valence-corrected chi connectivity index (χ4v) is 2.35. The second-order valence-electron chi connectivity index (χ2n) is 4.61. The van der Waals surface area contributed by atoms with Crippen LogP contribution < -0.4 is 4.74 Å². The molecule has 0 aliphatic rings. The van der Waals surface area contributed by atoms with E-state index in [-0.39, 0.29) is 12.2 Å². The number of halogens is 2. The van der Waals surface area contributed by atoms with E-state index in [4.69, 9.17) is 16.3 Å². The number of ether oxygens (including phenoxy) is 1. The molecule has 106 valence electrons. The van der Waals surface area contributed by atoms with E-state index in [0.717, 1.165) is 11.3 Å². The van der Waals surface area contributed by atoms with E-state index < -0.39 is 6.10 Å². The van der Waals surface area contributed by atoms with Crippen LogP contribution in [0.2, 0.25) is 5.02 Å². The molecule has 0 aliphatic heterocycles. The molecule has 0 saturated carbocycles. The van der Waals surface area contributed by atoms with Gasteiger partial charge in [-0.2, -0.15) is 0 Å². The van der Waals surface area contributed by atoms with Crippen molar-refractivity contribution < 1.29 is 14.2 Å². The molecule has 20 heavy (non-hydrogen) atoms. The van der Waals surface area contributed by atoms with Gasteiger partial charge in [-0.1, -0.05) is 29.8 Å². The highest BCUT2D eigenvalue weighted by molar-refractivity contribution is 6.30. The van der Waals surface area contributed by atoms with Gasteiger partial charge in [0.15, 0.2) is 0 Å². The summed E-state index contributed by atoms with van der Waals surface area (Å²) < 4.78 is 18.9. The predicted octanol–water partition coefficient (Wildman–Crippen LogP) is 3.63. The van der Waals surface area contributed by atoms with Gasteiger partial charge in [-0.3, -0.25) is 0 Å². The van der Waals surface area contributed by atoms with Gasteiger partial charge >= 0.3 is 0 Å². The minimum atomic E-state index is -0.695. The van der Waals surface area contributed by atoms with Crippen LogP contribution in [-0.4, -0.2) is 18.3 Å². The Bertz CT molecular complexity index is 586. The van der Waals surface area contributed by atoms with Crippen molar-refractivity contribution in [3.05, 3.63) is 64.4 Å². The molecule has 2 rings (SSSR count). The fraction of sp³-hybridized carbons (Fsp3) is 0.250. The molecule has 2 aromatic rings. The maximum Gasteiger partial charge on any atom is 0.126 e. The van der Waals surface area contributed by atoms with Gasteiger partial charge in [0.05, 0.1) is 13.2 Å². The molecule has 0 heterocycles. The Morgan fingerprint density at radius 3 is 2.60 bits per heavy atom. The van der Waals surface area contributed by atoms with Crippen LogP contribution in [0.1, 0.15) is 11.1 Å². The lowest BCUT2D eigenvalue weighted by atomic mass is 10.0. The Hall–Kier alpha value is -1.58. The lowest BCUT2D eigenvalue weighted by molar-refractivity contribution is 0.173. The van der Waals surface area contributed by atoms with E-state index in [0.29, 0.717) is 17.0 Å². The highest BCUT2D eigenvalue weighted by Crippen LogP contribution is 2.21. The summed E-state index contributed by atoms with van der Waals surface area (Å²) in [6.45, 7) is 0. The molecule has 0 amide bonds. The predicted molar refractivity (Wildman–Crippen MR) is 77.8 cm³/mol. The molecule has 1 atom stereocenters. The topological polar surface area (TPSA) is 29.5 Å². The standard InChI is InChI=1S/C16H16ClFO2/c1-20-16-5-3-2-4-11(16)9-14(19)10-12-8-13(17)6-7-15(12)18/h2-8,14,19H,9-10H2,1H3. The number of aliphatic hydroxyl groups excluding tert-OH is 1. The van der Waals surface area contributed by atoms with Crippen LogP contribution in [0.25, 0.3) is 0 Å². The zero-order valence-corrected chi connectivity index (χ0v) is 11.9. The Balaban J connectivity index is 2.09. The van der Waals surface area contributed by atoms with Gasteiger partial charge in [-0.05, 0) is 35.4 Å². The summed E-state index contributed by atoms with van der Waals surface area (Å²) in [5, 5.41) is 10.6.